The van der Waals surface area contributed by atoms with Gasteiger partial charge in [0.2, 0.25) is 5.78 Å². The maximum atomic E-state index is 12.7. The van der Waals surface area contributed by atoms with Crippen LogP contribution < -0.4 is 0 Å². The maximum Gasteiger partial charge on any atom is 0.416 e. The van der Waals surface area contributed by atoms with Crippen LogP contribution in [0.4, 0.5) is 37.7 Å². The standard InChI is InChI=1S/C15H14F3NO5.C12H10F3NO4/c1-3-13(20)11(8-24-4-2)14(21)10-6-5-9(15(16,17)18)7-12(10)19(22)23;1-2-8(17)6-11(18)9-4-3-7(12(13,14)15)5-10(9)16(19)20/h5-8H,3-4H2,1-2H3;3-5H,2,6H2,1H3. The zero-order chi connectivity index (χ0) is 34.0. The molecule has 44 heavy (non-hydrogen) atoms. The van der Waals surface area contributed by atoms with Crippen LogP contribution >= 0.6 is 0 Å². The van der Waals surface area contributed by atoms with Gasteiger partial charge in [0.1, 0.15) is 16.9 Å². The lowest BCUT2D eigenvalue weighted by Crippen LogP contribution is -2.16. The summed E-state index contributed by atoms with van der Waals surface area (Å²) < 4.78 is 80.3. The predicted octanol–water partition coefficient (Wildman–Crippen LogP) is 6.86. The average Bonchev–Trinajstić information content (AvgIpc) is 2.95. The number of carbonyl (C=O) groups excluding carboxylic acids is 4. The van der Waals surface area contributed by atoms with E-state index >= 15 is 0 Å². The molecule has 0 aliphatic rings. The van der Waals surface area contributed by atoms with Gasteiger partial charge in [-0.1, -0.05) is 13.8 Å². The van der Waals surface area contributed by atoms with Crippen molar-refractivity contribution < 1.29 is 60.1 Å². The molecule has 11 nitrogen and oxygen atoms in total. The number of rotatable bonds is 12. The molecular formula is C27H24F6N2O9. The van der Waals surface area contributed by atoms with E-state index in [1.165, 1.54) is 13.8 Å². The molecule has 0 atom stereocenters. The number of hydrogen-bond acceptors (Lipinski definition) is 9. The highest BCUT2D eigenvalue weighted by molar-refractivity contribution is 6.27. The van der Waals surface area contributed by atoms with E-state index in [0.717, 1.165) is 12.3 Å². The second-order valence-electron chi connectivity index (χ2n) is 8.56. The first kappa shape index (κ1) is 37.1. The lowest BCUT2D eigenvalue weighted by Gasteiger charge is -2.09. The molecule has 0 amide bonds. The van der Waals surface area contributed by atoms with Gasteiger partial charge in [0.05, 0.1) is 45.8 Å². The molecule has 0 saturated carbocycles. The highest BCUT2D eigenvalue weighted by Gasteiger charge is 2.36. The summed E-state index contributed by atoms with van der Waals surface area (Å²) in [5, 5.41) is 21.8. The normalized spacial score (nSPS) is 11.6. The molecule has 0 N–H and O–H groups in total. The van der Waals surface area contributed by atoms with Gasteiger partial charge >= 0.3 is 12.4 Å². The first-order chi connectivity index (χ1) is 20.3. The van der Waals surface area contributed by atoms with Gasteiger partial charge in [0.25, 0.3) is 11.4 Å². The molecule has 2 aromatic carbocycles. The number of allylic oxidation sites excluding steroid dienone is 1. The summed E-state index contributed by atoms with van der Waals surface area (Å²) in [5.41, 5.74) is -6.02. The summed E-state index contributed by atoms with van der Waals surface area (Å²) in [5.74, 6) is -3.00. The van der Waals surface area contributed by atoms with Crippen molar-refractivity contribution in [2.24, 2.45) is 0 Å². The van der Waals surface area contributed by atoms with Crippen LogP contribution in [0.25, 0.3) is 0 Å². The minimum Gasteiger partial charge on any atom is -0.501 e. The smallest absolute Gasteiger partial charge is 0.416 e. The Bertz CT molecular complexity index is 1480. The number of carbonyl (C=O) groups is 4. The third-order valence-electron chi connectivity index (χ3n) is 5.57. The van der Waals surface area contributed by atoms with Crippen LogP contribution in [0.3, 0.4) is 0 Å². The molecule has 0 spiro atoms. The van der Waals surface area contributed by atoms with Crippen LogP contribution in [0.2, 0.25) is 0 Å². The number of nitrogens with zero attached hydrogens (tertiary/aromatic N) is 2. The van der Waals surface area contributed by atoms with E-state index in [-0.39, 0.29) is 25.5 Å². The van der Waals surface area contributed by atoms with Crippen molar-refractivity contribution in [3.05, 3.63) is 90.7 Å². The van der Waals surface area contributed by atoms with Crippen LogP contribution in [-0.4, -0.2) is 39.6 Å². The van der Waals surface area contributed by atoms with Crippen LogP contribution in [0.15, 0.2) is 48.2 Å². The SMILES string of the molecule is CCC(=O)CC(=O)c1ccc(C(F)(F)F)cc1[N+](=O)[O-].CCOC=C(C(=O)CC)C(=O)c1ccc(C(F)(F)F)cc1[N+](=O)[O-]. The summed E-state index contributed by atoms with van der Waals surface area (Å²) >= 11 is 0. The zero-order valence-electron chi connectivity index (χ0n) is 23.2. The maximum absolute atomic E-state index is 12.7. The fraction of sp³-hybridized carbons (Fsp3) is 0.333. The zero-order valence-corrected chi connectivity index (χ0v) is 23.2. The van der Waals surface area contributed by atoms with E-state index < -0.39 is 91.0 Å². The summed E-state index contributed by atoms with van der Waals surface area (Å²) in [7, 11) is 0. The molecule has 0 bridgehead atoms. The van der Waals surface area contributed by atoms with Crippen molar-refractivity contribution in [2.75, 3.05) is 6.61 Å². The molecule has 0 unspecified atom stereocenters. The lowest BCUT2D eigenvalue weighted by atomic mass is 9.97. The average molecular weight is 634 g/mol. The molecule has 17 heteroatoms. The monoisotopic (exact) mass is 634 g/mol. The van der Waals surface area contributed by atoms with E-state index in [4.69, 9.17) is 4.74 Å². The van der Waals surface area contributed by atoms with E-state index in [1.54, 1.807) is 6.92 Å². The molecule has 0 aromatic heterocycles. The minimum absolute atomic E-state index is 0.0696. The Morgan fingerprint density at radius 1 is 0.773 bits per heavy atom. The predicted molar refractivity (Wildman–Crippen MR) is 140 cm³/mol. The first-order valence-electron chi connectivity index (χ1n) is 12.5. The van der Waals surface area contributed by atoms with Crippen molar-refractivity contribution in [3.63, 3.8) is 0 Å². The van der Waals surface area contributed by atoms with Crippen LogP contribution in [0, 0.1) is 20.2 Å². The number of ketones is 4. The Kier molecular flexibility index (Phi) is 13.1. The minimum atomic E-state index is -4.80. The molecule has 2 rings (SSSR count). The van der Waals surface area contributed by atoms with Gasteiger partial charge in [-0.3, -0.25) is 39.4 Å². The molecule has 0 aliphatic heterocycles. The lowest BCUT2D eigenvalue weighted by molar-refractivity contribution is -0.385. The number of halogens is 6. The number of hydrogen-bond donors (Lipinski definition) is 0. The fourth-order valence-electron chi connectivity index (χ4n) is 3.29. The summed E-state index contributed by atoms with van der Waals surface area (Å²) in [6.45, 7) is 4.71. The highest BCUT2D eigenvalue weighted by atomic mass is 19.4. The first-order valence-corrected chi connectivity index (χ1v) is 12.5. The van der Waals surface area contributed by atoms with Crippen LogP contribution in [0.5, 0.6) is 0 Å². The number of Topliss-reactive ketones (excluding diaryl/α,β-unsaturated/α-hetero) is 4. The Morgan fingerprint density at radius 3 is 1.61 bits per heavy atom. The number of nitro benzene ring substituents is 2. The van der Waals surface area contributed by atoms with Crippen LogP contribution in [0.1, 0.15) is 71.9 Å². The van der Waals surface area contributed by atoms with Gasteiger partial charge in [-0.05, 0) is 31.2 Å². The summed E-state index contributed by atoms with van der Waals surface area (Å²) in [6, 6.07) is 3.11. The van der Waals surface area contributed by atoms with Gasteiger partial charge in [-0.15, -0.1) is 0 Å². The van der Waals surface area contributed by atoms with Crippen molar-refractivity contribution in [1.82, 2.24) is 0 Å². The van der Waals surface area contributed by atoms with Gasteiger partial charge in [-0.25, -0.2) is 0 Å². The van der Waals surface area contributed by atoms with Crippen molar-refractivity contribution in [1.29, 1.82) is 0 Å². The van der Waals surface area contributed by atoms with E-state index in [1.807, 2.05) is 0 Å². The Labute approximate surface area is 244 Å². The summed E-state index contributed by atoms with van der Waals surface area (Å²) in [4.78, 5) is 66.7. The van der Waals surface area contributed by atoms with Gasteiger partial charge in [0.15, 0.2) is 11.6 Å². The van der Waals surface area contributed by atoms with Crippen LogP contribution in [-0.2, 0) is 26.7 Å². The molecule has 0 fully saturated rings. The Hall–Kier alpha value is -4.96. The topological polar surface area (TPSA) is 164 Å². The molecule has 0 heterocycles. The second-order valence-corrected chi connectivity index (χ2v) is 8.56. The molecular weight excluding hydrogens is 610 g/mol. The molecule has 0 radical (unpaired) electrons. The molecule has 238 valence electrons. The molecule has 0 saturated heterocycles. The van der Waals surface area contributed by atoms with Crippen molar-refractivity contribution in [3.8, 4) is 0 Å². The number of nitro groups is 2. The Balaban J connectivity index is 0.000000447. The molecule has 2 aromatic rings. The van der Waals surface area contributed by atoms with E-state index in [9.17, 15) is 65.7 Å². The van der Waals surface area contributed by atoms with E-state index in [0.29, 0.717) is 24.3 Å². The second kappa shape index (κ2) is 15.5. The van der Waals surface area contributed by atoms with Crippen molar-refractivity contribution in [2.45, 2.75) is 52.4 Å². The fourth-order valence-corrected chi connectivity index (χ4v) is 3.29. The quantitative estimate of drug-likeness (QED) is 0.0354. The molecule has 0 aliphatic carbocycles. The third kappa shape index (κ3) is 10.1. The third-order valence-corrected chi connectivity index (χ3v) is 5.57. The number of alkyl halides is 6. The van der Waals surface area contributed by atoms with Crippen molar-refractivity contribution >= 4 is 34.5 Å². The Morgan fingerprint density at radius 2 is 1.23 bits per heavy atom. The van der Waals surface area contributed by atoms with Gasteiger partial charge in [0, 0.05) is 25.0 Å². The van der Waals surface area contributed by atoms with E-state index in [2.05, 4.69) is 0 Å². The number of ether oxygens (including phenoxy) is 1. The summed E-state index contributed by atoms with van der Waals surface area (Å²) in [6.07, 6.45) is -9.24. The van der Waals surface area contributed by atoms with Gasteiger partial charge in [-0.2, -0.15) is 26.3 Å². The number of benzene rings is 2. The highest BCUT2D eigenvalue weighted by Crippen LogP contribution is 2.35. The largest absolute Gasteiger partial charge is 0.501 e. The van der Waals surface area contributed by atoms with Gasteiger partial charge < -0.3 is 4.74 Å².